The smallest absolute Gasteiger partial charge is 0.334 e. The van der Waals surface area contributed by atoms with Crippen LogP contribution in [0.1, 0.15) is 154 Å². The average molecular weight is 509 g/mol. The Kier molecular flexibility index (Phi) is 8.69. The van der Waals surface area contributed by atoms with Crippen molar-refractivity contribution in [3.8, 4) is 0 Å². The summed E-state index contributed by atoms with van der Waals surface area (Å²) in [5, 5.41) is 0. The first kappa shape index (κ1) is 26.4. The first-order valence-electron chi connectivity index (χ1n) is 17.2. The van der Waals surface area contributed by atoms with Gasteiger partial charge in [-0.05, 0) is 74.0 Å². The standard InChI is InChI=1S/C35H56O2/c36-34-33(32-27-20-14-8-2-3-9-15-21-28(27)32)35(30-23-17-11-5-6-12-18-24-31(30)35)29-22-16-10-4-1-7-13-19-26(29)25-37-34/h26-31H,1-25H2. The SMILES string of the molecule is O=C1OCC2CCCCCCCCC2C2(C1=C1C3CCCCCCCCC13)C1CCCCCCCCC12. The van der Waals surface area contributed by atoms with Gasteiger partial charge in [0, 0.05) is 11.0 Å². The Morgan fingerprint density at radius 2 is 0.892 bits per heavy atom. The molecule has 1 spiro atoms. The summed E-state index contributed by atoms with van der Waals surface area (Å²) in [5.74, 6) is 4.45. The first-order valence-corrected chi connectivity index (χ1v) is 17.2. The summed E-state index contributed by atoms with van der Waals surface area (Å²) in [4.78, 5) is 14.2. The second-order valence-electron chi connectivity index (χ2n) is 14.3. The highest BCUT2D eigenvalue weighted by Crippen LogP contribution is 2.76. The summed E-state index contributed by atoms with van der Waals surface area (Å²) in [6.07, 6.45) is 33.3. The van der Waals surface area contributed by atoms with Crippen LogP contribution in [-0.4, -0.2) is 12.6 Å². The molecule has 1 heterocycles. The van der Waals surface area contributed by atoms with Crippen LogP contribution in [0.25, 0.3) is 0 Å². The van der Waals surface area contributed by atoms with Gasteiger partial charge in [0.15, 0.2) is 0 Å². The molecule has 0 amide bonds. The molecular formula is C35H56O2. The number of cyclic esters (lactones) is 1. The lowest BCUT2D eigenvalue weighted by atomic mass is 9.68. The highest BCUT2D eigenvalue weighted by molar-refractivity contribution is 5.94. The van der Waals surface area contributed by atoms with E-state index in [1.54, 1.807) is 5.57 Å². The molecule has 0 bridgehead atoms. The average Bonchev–Trinajstić information content (AvgIpc) is 3.79. The molecule has 2 nitrogen and oxygen atoms in total. The van der Waals surface area contributed by atoms with Gasteiger partial charge in [-0.25, -0.2) is 4.79 Å². The van der Waals surface area contributed by atoms with Crippen molar-refractivity contribution < 1.29 is 9.53 Å². The topological polar surface area (TPSA) is 26.3 Å². The molecule has 0 radical (unpaired) electrons. The molecule has 6 rings (SSSR count). The number of carbonyl (C=O) groups excluding carboxylic acids is 1. The number of ether oxygens (including phenoxy) is 1. The zero-order valence-corrected chi connectivity index (χ0v) is 24.0. The fourth-order valence-electron chi connectivity index (χ4n) is 10.4. The van der Waals surface area contributed by atoms with Crippen molar-refractivity contribution in [3.05, 3.63) is 11.1 Å². The van der Waals surface area contributed by atoms with Gasteiger partial charge in [-0.1, -0.05) is 121 Å². The Bertz CT molecular complexity index is 776. The van der Waals surface area contributed by atoms with E-state index in [2.05, 4.69) is 0 Å². The molecule has 2 heteroatoms. The van der Waals surface area contributed by atoms with Crippen LogP contribution >= 0.6 is 0 Å². The number of hydrogen-bond donors (Lipinski definition) is 0. The zero-order chi connectivity index (χ0) is 25.1. The molecule has 0 aromatic heterocycles. The van der Waals surface area contributed by atoms with Crippen LogP contribution in [0.2, 0.25) is 0 Å². The fraction of sp³-hybridized carbons (Fsp3) is 0.914. The van der Waals surface area contributed by atoms with Crippen molar-refractivity contribution in [1.82, 2.24) is 0 Å². The minimum Gasteiger partial charge on any atom is -0.462 e. The van der Waals surface area contributed by atoms with E-state index in [4.69, 9.17) is 4.74 Å². The van der Waals surface area contributed by atoms with Gasteiger partial charge < -0.3 is 4.74 Å². The van der Waals surface area contributed by atoms with Gasteiger partial charge in [0.25, 0.3) is 0 Å². The quantitative estimate of drug-likeness (QED) is 0.240. The maximum atomic E-state index is 14.2. The van der Waals surface area contributed by atoms with E-state index < -0.39 is 0 Å². The Hall–Kier alpha value is -0.790. The van der Waals surface area contributed by atoms with E-state index in [1.807, 2.05) is 0 Å². The molecule has 37 heavy (non-hydrogen) atoms. The molecule has 6 unspecified atom stereocenters. The summed E-state index contributed by atoms with van der Waals surface area (Å²) in [6, 6.07) is 0. The van der Waals surface area contributed by atoms with Gasteiger partial charge in [0.05, 0.1) is 6.61 Å². The summed E-state index contributed by atoms with van der Waals surface area (Å²) in [7, 11) is 0. The van der Waals surface area contributed by atoms with Crippen molar-refractivity contribution in [1.29, 1.82) is 0 Å². The summed E-state index contributed by atoms with van der Waals surface area (Å²) < 4.78 is 6.37. The van der Waals surface area contributed by atoms with Crippen LogP contribution in [0, 0.1) is 40.9 Å². The van der Waals surface area contributed by atoms with Crippen molar-refractivity contribution >= 4 is 5.97 Å². The highest BCUT2D eigenvalue weighted by atomic mass is 16.5. The minimum absolute atomic E-state index is 0.169. The number of hydrogen-bond acceptors (Lipinski definition) is 2. The van der Waals surface area contributed by atoms with E-state index in [-0.39, 0.29) is 11.4 Å². The lowest BCUT2D eigenvalue weighted by Crippen LogP contribution is -2.31. The maximum Gasteiger partial charge on any atom is 0.334 e. The second-order valence-corrected chi connectivity index (χ2v) is 14.3. The third kappa shape index (κ3) is 5.35. The van der Waals surface area contributed by atoms with E-state index >= 15 is 0 Å². The van der Waals surface area contributed by atoms with Gasteiger partial charge in [-0.15, -0.1) is 0 Å². The summed E-state index contributed by atoms with van der Waals surface area (Å²) in [5.41, 5.74) is 3.18. The molecule has 1 saturated heterocycles. The van der Waals surface area contributed by atoms with Crippen molar-refractivity contribution in [2.45, 2.75) is 154 Å². The second kappa shape index (κ2) is 12.2. The third-order valence-corrected chi connectivity index (χ3v) is 12.2. The Morgan fingerprint density at radius 1 is 0.486 bits per heavy atom. The summed E-state index contributed by atoms with van der Waals surface area (Å²) in [6.45, 7) is 0.719. The lowest BCUT2D eigenvalue weighted by molar-refractivity contribution is -0.139. The van der Waals surface area contributed by atoms with Gasteiger partial charge in [0.1, 0.15) is 0 Å². The largest absolute Gasteiger partial charge is 0.462 e. The number of allylic oxidation sites excluding steroid dienone is 1. The van der Waals surface area contributed by atoms with E-state index in [0.717, 1.165) is 18.4 Å². The van der Waals surface area contributed by atoms with Crippen LogP contribution in [0.4, 0.5) is 0 Å². The Labute approximate surface area is 228 Å². The third-order valence-electron chi connectivity index (χ3n) is 12.2. The van der Waals surface area contributed by atoms with Crippen LogP contribution in [-0.2, 0) is 9.53 Å². The Balaban J connectivity index is 1.41. The molecule has 0 aromatic carbocycles. The number of fused-ring (bicyclic) bond motifs is 6. The number of carbonyl (C=O) groups is 1. The van der Waals surface area contributed by atoms with Crippen LogP contribution < -0.4 is 0 Å². The summed E-state index contributed by atoms with van der Waals surface area (Å²) >= 11 is 0. The van der Waals surface area contributed by atoms with Crippen molar-refractivity contribution in [2.24, 2.45) is 40.9 Å². The van der Waals surface area contributed by atoms with E-state index in [0.29, 0.717) is 23.7 Å². The van der Waals surface area contributed by atoms with Crippen LogP contribution in [0.5, 0.6) is 0 Å². The lowest BCUT2D eigenvalue weighted by Gasteiger charge is -2.34. The highest BCUT2D eigenvalue weighted by Gasteiger charge is 2.73. The molecule has 0 aromatic rings. The van der Waals surface area contributed by atoms with Gasteiger partial charge in [-0.2, -0.15) is 0 Å². The monoisotopic (exact) mass is 508 g/mol. The molecule has 208 valence electrons. The maximum absolute atomic E-state index is 14.2. The molecule has 1 aliphatic heterocycles. The number of esters is 1. The molecule has 5 aliphatic carbocycles. The van der Waals surface area contributed by atoms with Gasteiger partial charge >= 0.3 is 5.97 Å². The zero-order valence-electron chi connectivity index (χ0n) is 24.0. The number of rotatable bonds is 0. The molecule has 6 atom stereocenters. The van der Waals surface area contributed by atoms with Crippen LogP contribution in [0.3, 0.4) is 0 Å². The van der Waals surface area contributed by atoms with Gasteiger partial charge in [0.2, 0.25) is 0 Å². The molecule has 6 aliphatic rings. The van der Waals surface area contributed by atoms with Crippen molar-refractivity contribution in [3.63, 3.8) is 0 Å². The Morgan fingerprint density at radius 3 is 1.41 bits per heavy atom. The predicted molar refractivity (Wildman–Crippen MR) is 152 cm³/mol. The molecular weight excluding hydrogens is 452 g/mol. The van der Waals surface area contributed by atoms with E-state index in [9.17, 15) is 4.79 Å². The predicted octanol–water partition coefficient (Wildman–Crippen LogP) is 9.95. The molecule has 5 saturated carbocycles. The molecule has 6 fully saturated rings. The van der Waals surface area contributed by atoms with Crippen LogP contribution in [0.15, 0.2) is 11.1 Å². The van der Waals surface area contributed by atoms with Gasteiger partial charge in [-0.3, -0.25) is 0 Å². The van der Waals surface area contributed by atoms with Crippen molar-refractivity contribution in [2.75, 3.05) is 6.61 Å². The van der Waals surface area contributed by atoms with E-state index in [1.165, 1.54) is 160 Å². The normalized spacial score (nSPS) is 42.3. The first-order chi connectivity index (χ1) is 18.3. The minimum atomic E-state index is 0.169. The fourth-order valence-corrected chi connectivity index (χ4v) is 10.4. The molecule has 0 N–H and O–H groups in total.